The van der Waals surface area contributed by atoms with Crippen LogP contribution in [-0.4, -0.2) is 5.91 Å². The average Bonchev–Trinajstić information content (AvgIpc) is 2.89. The van der Waals surface area contributed by atoms with Gasteiger partial charge in [-0.05, 0) is 42.0 Å². The van der Waals surface area contributed by atoms with Crippen molar-refractivity contribution in [2.75, 3.05) is 0 Å². The van der Waals surface area contributed by atoms with E-state index >= 15 is 0 Å². The van der Waals surface area contributed by atoms with Gasteiger partial charge in [-0.1, -0.05) is 89.2 Å². The van der Waals surface area contributed by atoms with Crippen LogP contribution >= 0.6 is 19.0 Å². The van der Waals surface area contributed by atoms with Gasteiger partial charge in [-0.3, -0.25) is 10.1 Å². The fraction of sp³-hybridized carbons (Fsp3) is 0.0690. The molecule has 0 atom stereocenters. The molecule has 4 aromatic rings. The first-order chi connectivity index (χ1) is 16.6. The fourth-order valence-electron chi connectivity index (χ4n) is 4.02. The topological polar surface area (TPSA) is 29.1 Å². The maximum atomic E-state index is 12.6. The van der Waals surface area contributed by atoms with Crippen molar-refractivity contribution in [3.8, 4) is 0 Å². The van der Waals surface area contributed by atoms with Gasteiger partial charge in [-0.2, -0.15) is 0 Å². The third kappa shape index (κ3) is 5.26. The van der Waals surface area contributed by atoms with E-state index in [0.29, 0.717) is 4.24 Å². The maximum absolute atomic E-state index is 12.6. The minimum atomic E-state index is -2.47. The molecule has 0 unspecified atom stereocenters. The van der Waals surface area contributed by atoms with E-state index in [-0.39, 0.29) is 5.91 Å². The largest absolute Gasteiger partial charge is 0.768 e. The maximum Gasteiger partial charge on any atom is 0.223 e. The number of carbonyl (C=O) groups is 1. The van der Waals surface area contributed by atoms with Gasteiger partial charge in [0.2, 0.25) is 5.91 Å². The van der Waals surface area contributed by atoms with Gasteiger partial charge in [0.1, 0.15) is 15.9 Å². The summed E-state index contributed by atoms with van der Waals surface area (Å²) >= 11 is 7.68. The molecule has 0 fully saturated rings. The zero-order valence-corrected chi connectivity index (χ0v) is 21.5. The van der Waals surface area contributed by atoms with Crippen molar-refractivity contribution < 1.29 is 4.79 Å². The summed E-state index contributed by atoms with van der Waals surface area (Å²) in [6.07, 6.45) is 0. The normalized spacial score (nSPS) is 12.0. The molecule has 0 aliphatic carbocycles. The van der Waals surface area contributed by atoms with Crippen molar-refractivity contribution in [3.05, 3.63) is 137 Å². The van der Waals surface area contributed by atoms with Crippen LogP contribution in [0.5, 0.6) is 0 Å². The Morgan fingerprint density at radius 2 is 1.09 bits per heavy atom. The summed E-state index contributed by atoms with van der Waals surface area (Å²) in [4.78, 5) is 12.6. The van der Waals surface area contributed by atoms with Crippen LogP contribution < -0.4 is 21.2 Å². The summed E-state index contributed by atoms with van der Waals surface area (Å²) < 4.78 is 0.712. The molecule has 5 heteroatoms. The highest BCUT2D eigenvalue weighted by Gasteiger charge is 2.50. The van der Waals surface area contributed by atoms with E-state index in [1.54, 1.807) is 18.7 Å². The molecule has 0 spiro atoms. The minimum Gasteiger partial charge on any atom is -0.768 e. The van der Waals surface area contributed by atoms with Gasteiger partial charge in [0.15, 0.2) is 12.7 Å². The molecule has 4 rings (SSSR count). The Kier molecular flexibility index (Phi) is 8.18. The molecular weight excluding hydrogens is 473 g/mol. The van der Waals surface area contributed by atoms with Crippen LogP contribution in [0.3, 0.4) is 0 Å². The van der Waals surface area contributed by atoms with Crippen LogP contribution in [0.4, 0.5) is 0 Å². The quantitative estimate of drug-likeness (QED) is 0.248. The lowest BCUT2D eigenvalue weighted by molar-refractivity contribution is -0.118. The molecule has 1 N–H and O–H groups in total. The number of thioether (sulfide) groups is 1. The van der Waals surface area contributed by atoms with E-state index in [1.807, 2.05) is 36.4 Å². The first-order valence-corrected chi connectivity index (χ1v) is 14.2. The van der Waals surface area contributed by atoms with Crippen molar-refractivity contribution >= 4 is 53.5 Å². The molecule has 0 aliphatic heterocycles. The van der Waals surface area contributed by atoms with Gasteiger partial charge < -0.3 is 12.6 Å². The Hall–Kier alpha value is -2.91. The predicted molar refractivity (Wildman–Crippen MR) is 151 cm³/mol. The molecule has 0 heterocycles. The fourth-order valence-corrected chi connectivity index (χ4v) is 10.1. The molecule has 1 amide bonds. The van der Waals surface area contributed by atoms with Crippen LogP contribution in [0.25, 0.3) is 0 Å². The Morgan fingerprint density at radius 1 is 0.706 bits per heavy atom. The Bertz CT molecular complexity index is 1150. The molecule has 0 saturated heterocycles. The van der Waals surface area contributed by atoms with Gasteiger partial charge in [0.05, 0.1) is 0 Å². The molecule has 0 aromatic heterocycles. The molecule has 4 aromatic carbocycles. The zero-order chi connectivity index (χ0) is 23.8. The predicted octanol–water partition coefficient (Wildman–Crippen LogP) is 5.72. The third-order valence-corrected chi connectivity index (χ3v) is 11.5. The molecule has 0 saturated carbocycles. The lowest BCUT2D eigenvalue weighted by Gasteiger charge is -2.32. The van der Waals surface area contributed by atoms with Crippen molar-refractivity contribution in [1.82, 2.24) is 5.32 Å². The molecule has 0 radical (unpaired) electrons. The monoisotopic (exact) mass is 499 g/mol. The summed E-state index contributed by atoms with van der Waals surface area (Å²) in [6, 6.07) is 41.6. The average molecular weight is 500 g/mol. The number of rotatable bonds is 8. The first-order valence-electron chi connectivity index (χ1n) is 11.0. The summed E-state index contributed by atoms with van der Waals surface area (Å²) in [5.74, 6) is 0.617. The Morgan fingerprint density at radius 3 is 1.47 bits per heavy atom. The van der Waals surface area contributed by atoms with Gasteiger partial charge in [0, 0.05) is 12.7 Å². The van der Waals surface area contributed by atoms with E-state index in [9.17, 15) is 4.79 Å². The van der Waals surface area contributed by atoms with E-state index in [2.05, 4.69) is 90.2 Å². The van der Waals surface area contributed by atoms with E-state index in [4.69, 9.17) is 12.6 Å². The first kappa shape index (κ1) is 24.2. The van der Waals surface area contributed by atoms with Crippen LogP contribution in [0, 0.1) is 0 Å². The van der Waals surface area contributed by atoms with Crippen LogP contribution in [0.1, 0.15) is 12.5 Å². The van der Waals surface area contributed by atoms with E-state index in [0.717, 1.165) is 27.1 Å². The van der Waals surface area contributed by atoms with Crippen molar-refractivity contribution in [3.63, 3.8) is 0 Å². The number of nitrogens with one attached hydrogen (secondary N) is 1. The lowest BCUT2D eigenvalue weighted by atomic mass is 10.2. The third-order valence-electron chi connectivity index (χ3n) is 5.47. The summed E-state index contributed by atoms with van der Waals surface area (Å²) in [7, 11) is -2.47. The van der Waals surface area contributed by atoms with Gasteiger partial charge in [-0.15, -0.1) is 11.8 Å². The standard InChI is InChI=1S/C29H26NOPS2/c1-23(31)30-28(29(33)34-22-24-14-6-2-7-15-24)32(25-16-8-3-9-17-25,26-18-10-4-11-19-26)27-20-12-5-13-21-27/h2-21H,22H2,1H3,(H-,30,31,33). The highest BCUT2D eigenvalue weighted by atomic mass is 32.2. The number of benzene rings is 4. The summed E-state index contributed by atoms with van der Waals surface area (Å²) in [6.45, 7) is 1.56. The SMILES string of the molecule is CC(=O)NC(=C([S-])SCc1ccccc1)[P+](c1ccccc1)(c1ccccc1)c1ccccc1. The molecule has 2 nitrogen and oxygen atoms in total. The second kappa shape index (κ2) is 11.5. The minimum absolute atomic E-state index is 0.121. The molecule has 34 heavy (non-hydrogen) atoms. The van der Waals surface area contributed by atoms with Crippen molar-refractivity contribution in [1.29, 1.82) is 0 Å². The number of hydrogen-bond donors (Lipinski definition) is 1. The van der Waals surface area contributed by atoms with Crippen molar-refractivity contribution in [2.45, 2.75) is 12.7 Å². The number of carbonyl (C=O) groups excluding carboxylic acids is 1. The Balaban J connectivity index is 2.00. The second-order valence-corrected chi connectivity index (χ2v) is 12.8. The summed E-state index contributed by atoms with van der Waals surface area (Å²) in [5, 5.41) is 6.67. The highest BCUT2D eigenvalue weighted by Crippen LogP contribution is 2.63. The summed E-state index contributed by atoms with van der Waals surface area (Å²) in [5.41, 5.74) is 2.01. The second-order valence-electron chi connectivity index (χ2n) is 7.77. The van der Waals surface area contributed by atoms with Gasteiger partial charge in [-0.25, -0.2) is 0 Å². The zero-order valence-electron chi connectivity index (χ0n) is 18.9. The molecule has 170 valence electrons. The lowest BCUT2D eigenvalue weighted by Crippen LogP contribution is -2.38. The van der Waals surface area contributed by atoms with Crippen molar-refractivity contribution in [2.24, 2.45) is 0 Å². The smallest absolute Gasteiger partial charge is 0.223 e. The molecule has 0 aliphatic rings. The molecular formula is C29H26NOPS2. The van der Waals surface area contributed by atoms with Gasteiger partial charge in [0.25, 0.3) is 0 Å². The Labute approximate surface area is 212 Å². The highest BCUT2D eigenvalue weighted by molar-refractivity contribution is 8.11. The van der Waals surface area contributed by atoms with Crippen LogP contribution in [0.15, 0.2) is 131 Å². The van der Waals surface area contributed by atoms with E-state index < -0.39 is 7.26 Å². The number of amides is 1. The van der Waals surface area contributed by atoms with Crippen LogP contribution in [-0.2, 0) is 23.2 Å². The van der Waals surface area contributed by atoms with Gasteiger partial charge >= 0.3 is 0 Å². The molecule has 0 bridgehead atoms. The van der Waals surface area contributed by atoms with Crippen LogP contribution in [0.2, 0.25) is 0 Å². The van der Waals surface area contributed by atoms with E-state index in [1.165, 1.54) is 5.56 Å². The number of hydrogen-bond acceptors (Lipinski definition) is 3.